The third-order valence-corrected chi connectivity index (χ3v) is 19.5. The molecule has 2 heteroatoms. The SMILES string of the molecule is [2H]c1c([2H])c([2H])c(-c2c3ccccc3c(-c3ccc(-c4cc(-c5ccccc5)cc5oc6ccccc6c45)c4ccccc34)c3ccccc23)c([2H])c1[2H].[2H]c1c([2H])c([2H])c(-c2c3ccccc3c(-c3ccc(-c4cccc5oc6c(-c7ccccc7)cccc6c45)c4ccccc34)c3ccccc23)c([2H])c1[2H]. The van der Waals surface area contributed by atoms with Gasteiger partial charge in [-0.25, -0.2) is 0 Å². The van der Waals surface area contributed by atoms with Crippen molar-refractivity contribution in [2.75, 3.05) is 0 Å². The molecule has 0 amide bonds. The molecule has 0 bridgehead atoms. The lowest BCUT2D eigenvalue weighted by molar-refractivity contribution is 0.669. The van der Waals surface area contributed by atoms with E-state index in [2.05, 4.69) is 188 Å². The molecule has 0 N–H and O–H groups in total. The molecule has 0 aliphatic heterocycles. The van der Waals surface area contributed by atoms with Gasteiger partial charge in [0, 0.05) is 27.1 Å². The molecule has 0 saturated heterocycles. The van der Waals surface area contributed by atoms with E-state index < -0.39 is 12.1 Å². The van der Waals surface area contributed by atoms with Gasteiger partial charge in [-0.3, -0.25) is 0 Å². The Labute approximate surface area is 580 Å². The van der Waals surface area contributed by atoms with Gasteiger partial charge in [-0.15, -0.1) is 0 Å². The second-order valence-electron chi connectivity index (χ2n) is 24.8. The predicted molar refractivity (Wildman–Crippen MR) is 416 cm³/mol. The van der Waals surface area contributed by atoms with Gasteiger partial charge in [0.1, 0.15) is 22.3 Å². The summed E-state index contributed by atoms with van der Waals surface area (Å²) in [7, 11) is 0. The normalized spacial score (nSPS) is 13.1. The van der Waals surface area contributed by atoms with E-state index in [1.165, 1.54) is 0 Å². The summed E-state index contributed by atoms with van der Waals surface area (Å²) < 4.78 is 99.3. The number of para-hydroxylation sites is 2. The number of rotatable bonds is 8. The van der Waals surface area contributed by atoms with Crippen molar-refractivity contribution in [1.82, 2.24) is 0 Å². The van der Waals surface area contributed by atoms with Crippen LogP contribution in [0.1, 0.15) is 13.7 Å². The minimum atomic E-state index is -0.402. The van der Waals surface area contributed by atoms with Crippen molar-refractivity contribution >= 4 is 109 Å². The molecule has 0 spiro atoms. The van der Waals surface area contributed by atoms with E-state index in [-0.39, 0.29) is 59.5 Å². The lowest BCUT2D eigenvalue weighted by atomic mass is 9.83. The van der Waals surface area contributed by atoms with Crippen LogP contribution in [0, 0.1) is 0 Å². The van der Waals surface area contributed by atoms with Gasteiger partial charge in [-0.2, -0.15) is 0 Å². The third kappa shape index (κ3) is 9.25. The number of fused-ring (bicyclic) bond motifs is 12. The van der Waals surface area contributed by atoms with Gasteiger partial charge in [0.15, 0.2) is 0 Å². The highest BCUT2D eigenvalue weighted by molar-refractivity contribution is 6.27. The smallest absolute Gasteiger partial charge is 0.143 e. The van der Waals surface area contributed by atoms with Crippen LogP contribution in [0.4, 0.5) is 0 Å². The van der Waals surface area contributed by atoms with Crippen LogP contribution >= 0.6 is 0 Å². The molecule has 98 heavy (non-hydrogen) atoms. The van der Waals surface area contributed by atoms with E-state index in [9.17, 15) is 0 Å². The molecule has 0 unspecified atom stereocenters. The molecule has 0 aliphatic carbocycles. The van der Waals surface area contributed by atoms with Crippen molar-refractivity contribution in [3.05, 3.63) is 364 Å². The maximum absolute atomic E-state index is 8.94. The monoisotopic (exact) mass is 1250 g/mol. The van der Waals surface area contributed by atoms with Crippen LogP contribution in [-0.2, 0) is 0 Å². The maximum Gasteiger partial charge on any atom is 0.143 e. The van der Waals surface area contributed by atoms with E-state index in [1.807, 2.05) is 115 Å². The first-order chi connectivity index (χ1) is 52.8. The minimum absolute atomic E-state index is 0.204. The molecule has 0 saturated carbocycles. The van der Waals surface area contributed by atoms with E-state index in [0.717, 1.165) is 175 Å². The fourth-order valence-corrected chi connectivity index (χ4v) is 15.4. The molecular formula is C96H60O2. The van der Waals surface area contributed by atoms with Crippen molar-refractivity contribution in [2.45, 2.75) is 0 Å². The number of hydrogen-bond acceptors (Lipinski definition) is 2. The predicted octanol–water partition coefficient (Wildman–Crippen LogP) is 27.4. The first-order valence-corrected chi connectivity index (χ1v) is 32.9. The lowest BCUT2D eigenvalue weighted by Gasteiger charge is -2.20. The van der Waals surface area contributed by atoms with Gasteiger partial charge in [0.25, 0.3) is 0 Å². The molecule has 0 fully saturated rings. The summed E-state index contributed by atoms with van der Waals surface area (Å²) in [5, 5.41) is 15.6. The fraction of sp³-hybridized carbons (Fsp3) is 0. The van der Waals surface area contributed by atoms with E-state index >= 15 is 0 Å². The number of benzene rings is 18. The van der Waals surface area contributed by atoms with Gasteiger partial charge < -0.3 is 8.83 Å². The van der Waals surface area contributed by atoms with Crippen LogP contribution in [0.25, 0.3) is 198 Å². The Morgan fingerprint density at radius 1 is 0.184 bits per heavy atom. The summed E-state index contributed by atoms with van der Waals surface area (Å²) >= 11 is 0. The first kappa shape index (κ1) is 47.1. The van der Waals surface area contributed by atoms with Crippen LogP contribution in [0.15, 0.2) is 373 Å². The Morgan fingerprint density at radius 2 is 0.541 bits per heavy atom. The Balaban J connectivity index is 0.000000147. The van der Waals surface area contributed by atoms with Crippen LogP contribution < -0.4 is 0 Å². The van der Waals surface area contributed by atoms with Gasteiger partial charge in [-0.05, 0) is 172 Å². The van der Waals surface area contributed by atoms with Crippen molar-refractivity contribution in [3.63, 3.8) is 0 Å². The zero-order chi connectivity index (χ0) is 73.3. The molecule has 2 nitrogen and oxygen atoms in total. The highest BCUT2D eigenvalue weighted by atomic mass is 16.3. The fourth-order valence-electron chi connectivity index (χ4n) is 15.4. The van der Waals surface area contributed by atoms with E-state index in [4.69, 9.17) is 22.5 Å². The Kier molecular flexibility index (Phi) is 11.3. The molecule has 0 aliphatic rings. The third-order valence-electron chi connectivity index (χ3n) is 19.5. The van der Waals surface area contributed by atoms with Gasteiger partial charge in [-0.1, -0.05) is 339 Å². The summed E-state index contributed by atoms with van der Waals surface area (Å²) in [6.07, 6.45) is 0. The lowest BCUT2D eigenvalue weighted by Crippen LogP contribution is -1.92. The van der Waals surface area contributed by atoms with Crippen molar-refractivity contribution < 1.29 is 22.5 Å². The average Bonchev–Trinajstić information content (AvgIpc) is 1.02. The molecule has 20 rings (SSSR count). The summed E-state index contributed by atoms with van der Waals surface area (Å²) in [6.45, 7) is 0. The van der Waals surface area contributed by atoms with E-state index in [0.29, 0.717) is 11.1 Å². The highest BCUT2D eigenvalue weighted by Crippen LogP contribution is 2.51. The summed E-state index contributed by atoms with van der Waals surface area (Å²) in [5.41, 5.74) is 17.9. The van der Waals surface area contributed by atoms with Crippen molar-refractivity contribution in [3.8, 4) is 89.0 Å². The van der Waals surface area contributed by atoms with Crippen LogP contribution in [0.2, 0.25) is 0 Å². The van der Waals surface area contributed by atoms with Crippen molar-refractivity contribution in [1.29, 1.82) is 0 Å². The molecular weight excluding hydrogens is 1190 g/mol. The zero-order valence-electron chi connectivity index (χ0n) is 62.7. The zero-order valence-corrected chi connectivity index (χ0v) is 52.7. The van der Waals surface area contributed by atoms with Crippen LogP contribution in [0.3, 0.4) is 0 Å². The highest BCUT2D eigenvalue weighted by Gasteiger charge is 2.24. The minimum Gasteiger partial charge on any atom is -0.456 e. The van der Waals surface area contributed by atoms with Gasteiger partial charge >= 0.3 is 0 Å². The summed E-state index contributed by atoms with van der Waals surface area (Å²) in [6, 6.07) is 101. The quantitative estimate of drug-likeness (QED) is 0.142. The topological polar surface area (TPSA) is 26.3 Å². The summed E-state index contributed by atoms with van der Waals surface area (Å²) in [5.74, 6) is 0. The van der Waals surface area contributed by atoms with Crippen molar-refractivity contribution in [2.24, 2.45) is 0 Å². The number of furan rings is 2. The molecule has 0 radical (unpaired) electrons. The second kappa shape index (κ2) is 23.5. The maximum atomic E-state index is 8.94. The standard InChI is InChI=1S/2C48H30O/c1-3-15-31(16-4-1)33-25-13-27-43-47-37(26-14-28-44(47)49-48(33)43)36-29-30-42(35-20-8-7-19-34(35)36)46-40-23-11-9-21-38(40)45(32-17-5-2-6-18-32)39-22-10-12-24-41(39)46;1-3-15-31(16-4-1)33-29-43(48-42-25-13-14-26-44(42)49-45(48)30-33)36-27-28-41(35-20-8-7-19-34(35)36)47-39-23-11-9-21-37(39)46(32-17-5-2-6-18-32)38-22-10-12-24-40(38)47/h2*1-30H/i2*2D,5D,6D,17D,18D. The Morgan fingerprint density at radius 3 is 1.04 bits per heavy atom. The molecule has 0 atom stereocenters. The molecule has 2 aromatic heterocycles. The number of hydrogen-bond donors (Lipinski definition) is 0. The van der Waals surface area contributed by atoms with Gasteiger partial charge in [0.2, 0.25) is 0 Å². The van der Waals surface area contributed by atoms with Crippen LogP contribution in [0.5, 0.6) is 0 Å². The molecule has 2 heterocycles. The second-order valence-corrected chi connectivity index (χ2v) is 24.8. The Hall–Kier alpha value is -12.9. The average molecular weight is 1260 g/mol. The largest absolute Gasteiger partial charge is 0.456 e. The van der Waals surface area contributed by atoms with Crippen LogP contribution in [-0.4, -0.2) is 0 Å². The molecule has 18 aromatic carbocycles. The van der Waals surface area contributed by atoms with E-state index in [1.54, 1.807) is 0 Å². The van der Waals surface area contributed by atoms with Gasteiger partial charge in [0.05, 0.1) is 13.7 Å². The molecule has 20 aromatic rings. The first-order valence-electron chi connectivity index (χ1n) is 37.9. The Bertz CT molecular complexity index is 7010. The molecule has 456 valence electrons. The summed E-state index contributed by atoms with van der Waals surface area (Å²) in [4.78, 5) is 0.